The summed E-state index contributed by atoms with van der Waals surface area (Å²) in [5, 5.41) is 7.28. The molecule has 1 aliphatic rings. The first-order chi connectivity index (χ1) is 14.7. The number of nitrogens with one attached hydrogen (secondary N) is 1. The van der Waals surface area contributed by atoms with Gasteiger partial charge in [-0.25, -0.2) is 4.68 Å². The molecular weight excluding hydrogens is 380 g/mol. The number of amides is 1. The summed E-state index contributed by atoms with van der Waals surface area (Å²) in [6.45, 7) is 2.17. The first-order valence-electron chi connectivity index (χ1n) is 10.1. The summed E-state index contributed by atoms with van der Waals surface area (Å²) in [5.41, 5.74) is 2.36. The van der Waals surface area contributed by atoms with Crippen LogP contribution in [0, 0.1) is 5.92 Å². The average molecular weight is 404 g/mol. The molecule has 0 aliphatic carbocycles. The summed E-state index contributed by atoms with van der Waals surface area (Å²) >= 11 is 0. The van der Waals surface area contributed by atoms with Crippen LogP contribution >= 0.6 is 0 Å². The van der Waals surface area contributed by atoms with Gasteiger partial charge in [-0.05, 0) is 18.4 Å². The molecule has 1 fully saturated rings. The van der Waals surface area contributed by atoms with E-state index in [0.717, 1.165) is 36.3 Å². The Morgan fingerprint density at radius 1 is 1.17 bits per heavy atom. The third-order valence-electron chi connectivity index (χ3n) is 5.25. The van der Waals surface area contributed by atoms with Crippen molar-refractivity contribution in [2.24, 2.45) is 5.92 Å². The summed E-state index contributed by atoms with van der Waals surface area (Å²) in [6.07, 6.45) is 8.27. The third-order valence-corrected chi connectivity index (χ3v) is 5.25. The van der Waals surface area contributed by atoms with E-state index in [2.05, 4.69) is 25.3 Å². The van der Waals surface area contributed by atoms with Gasteiger partial charge < -0.3 is 10.2 Å². The van der Waals surface area contributed by atoms with Crippen molar-refractivity contribution in [3.05, 3.63) is 82.8 Å². The molecule has 1 saturated heterocycles. The molecule has 3 heterocycles. The van der Waals surface area contributed by atoms with Gasteiger partial charge in [0.25, 0.3) is 5.56 Å². The zero-order valence-corrected chi connectivity index (χ0v) is 16.6. The van der Waals surface area contributed by atoms with Crippen molar-refractivity contribution >= 4 is 11.6 Å². The number of carbonyl (C=O) groups is 1. The predicted molar refractivity (Wildman–Crippen MR) is 113 cm³/mol. The molecule has 0 spiro atoms. The number of hydrogen-bond acceptors (Lipinski definition) is 6. The minimum Gasteiger partial charge on any atom is -0.369 e. The van der Waals surface area contributed by atoms with Crippen LogP contribution in [0.2, 0.25) is 0 Å². The highest BCUT2D eigenvalue weighted by atomic mass is 16.2. The Hall–Kier alpha value is -3.55. The standard InChI is InChI=1S/C22H24N6O2/c29-21-11-20(14-26-28(21)15-17-5-2-1-3-6-17)27-10-4-7-18(16-27)22(30)25-13-19-12-23-8-9-24-19/h1-3,5-6,8-9,11-12,14,18H,4,7,10,13,15-16H2,(H,25,30)/t18-/m0/s1. The van der Waals surface area contributed by atoms with E-state index in [1.165, 1.54) is 4.68 Å². The lowest BCUT2D eigenvalue weighted by atomic mass is 9.97. The zero-order valence-electron chi connectivity index (χ0n) is 16.6. The van der Waals surface area contributed by atoms with Crippen molar-refractivity contribution in [3.8, 4) is 0 Å². The van der Waals surface area contributed by atoms with E-state index >= 15 is 0 Å². The molecule has 2 aromatic heterocycles. The van der Waals surface area contributed by atoms with Gasteiger partial charge in [0.1, 0.15) is 0 Å². The first-order valence-corrected chi connectivity index (χ1v) is 10.1. The van der Waals surface area contributed by atoms with Gasteiger partial charge in [-0.15, -0.1) is 0 Å². The van der Waals surface area contributed by atoms with Gasteiger partial charge in [0.2, 0.25) is 5.91 Å². The lowest BCUT2D eigenvalue weighted by Gasteiger charge is -2.33. The number of rotatable bonds is 6. The maximum absolute atomic E-state index is 12.6. The van der Waals surface area contributed by atoms with E-state index in [-0.39, 0.29) is 17.4 Å². The molecule has 30 heavy (non-hydrogen) atoms. The number of hydrogen-bond donors (Lipinski definition) is 1. The van der Waals surface area contributed by atoms with E-state index in [9.17, 15) is 9.59 Å². The molecule has 3 aromatic rings. The quantitative estimate of drug-likeness (QED) is 0.671. The van der Waals surface area contributed by atoms with Gasteiger partial charge in [-0.3, -0.25) is 19.6 Å². The number of benzene rings is 1. The fraction of sp³-hybridized carbons (Fsp3) is 0.318. The van der Waals surface area contributed by atoms with Gasteiger partial charge in [0, 0.05) is 31.5 Å². The molecule has 4 rings (SSSR count). The summed E-state index contributed by atoms with van der Waals surface area (Å²) in [5.74, 6) is -0.141. The molecule has 0 saturated carbocycles. The van der Waals surface area contributed by atoms with Crippen LogP contribution in [0.3, 0.4) is 0 Å². The topological polar surface area (TPSA) is 93.0 Å². The minimum atomic E-state index is -0.148. The fourth-order valence-corrected chi connectivity index (χ4v) is 3.64. The molecule has 1 aromatic carbocycles. The van der Waals surface area contributed by atoms with Gasteiger partial charge >= 0.3 is 0 Å². The van der Waals surface area contributed by atoms with Crippen molar-refractivity contribution in [2.45, 2.75) is 25.9 Å². The van der Waals surface area contributed by atoms with Crippen LogP contribution in [0.15, 0.2) is 66.0 Å². The Labute approximate surface area is 174 Å². The Bertz CT molecular complexity index is 1040. The molecule has 1 N–H and O–H groups in total. The summed E-state index contributed by atoms with van der Waals surface area (Å²) < 4.78 is 1.45. The van der Waals surface area contributed by atoms with Gasteiger partial charge in [-0.2, -0.15) is 5.10 Å². The maximum Gasteiger partial charge on any atom is 0.269 e. The number of nitrogens with zero attached hydrogens (tertiary/aromatic N) is 5. The Morgan fingerprint density at radius 2 is 2.03 bits per heavy atom. The molecule has 1 atom stereocenters. The van der Waals surface area contributed by atoms with Crippen LogP contribution in [0.4, 0.5) is 5.69 Å². The maximum atomic E-state index is 12.6. The van der Waals surface area contributed by atoms with Gasteiger partial charge in [0.05, 0.1) is 42.8 Å². The lowest BCUT2D eigenvalue weighted by molar-refractivity contribution is -0.125. The summed E-state index contributed by atoms with van der Waals surface area (Å²) in [4.78, 5) is 35.4. The van der Waals surface area contributed by atoms with Crippen LogP contribution in [0.1, 0.15) is 24.1 Å². The monoisotopic (exact) mass is 404 g/mol. The third kappa shape index (κ3) is 4.89. The molecule has 0 bridgehead atoms. The van der Waals surface area contributed by atoms with E-state index in [1.54, 1.807) is 30.9 Å². The van der Waals surface area contributed by atoms with E-state index in [1.807, 2.05) is 30.3 Å². The molecule has 154 valence electrons. The van der Waals surface area contributed by atoms with E-state index in [4.69, 9.17) is 0 Å². The van der Waals surface area contributed by atoms with Gasteiger partial charge in [-0.1, -0.05) is 30.3 Å². The van der Waals surface area contributed by atoms with E-state index < -0.39 is 0 Å². The van der Waals surface area contributed by atoms with Crippen LogP contribution < -0.4 is 15.8 Å². The largest absolute Gasteiger partial charge is 0.369 e. The van der Waals surface area contributed by atoms with Crippen molar-refractivity contribution in [2.75, 3.05) is 18.0 Å². The van der Waals surface area contributed by atoms with Crippen molar-refractivity contribution < 1.29 is 4.79 Å². The zero-order chi connectivity index (χ0) is 20.8. The van der Waals surface area contributed by atoms with E-state index in [0.29, 0.717) is 19.6 Å². The highest BCUT2D eigenvalue weighted by molar-refractivity contribution is 5.79. The summed E-state index contributed by atoms with van der Waals surface area (Å²) in [7, 11) is 0. The first kappa shape index (κ1) is 19.8. The number of piperidine rings is 1. The molecular formula is C22H24N6O2. The Balaban J connectivity index is 1.38. The van der Waals surface area contributed by atoms with Crippen LogP contribution in [0.25, 0.3) is 0 Å². The number of aromatic nitrogens is 4. The SMILES string of the molecule is O=C(NCc1cnccn1)[C@H]1CCCN(c2cnn(Cc3ccccc3)c(=O)c2)C1. The second kappa shape index (κ2) is 9.30. The second-order valence-corrected chi connectivity index (χ2v) is 7.39. The lowest BCUT2D eigenvalue weighted by Crippen LogP contribution is -2.43. The molecule has 8 nitrogen and oxygen atoms in total. The highest BCUT2D eigenvalue weighted by Crippen LogP contribution is 2.22. The Morgan fingerprint density at radius 3 is 2.80 bits per heavy atom. The molecule has 8 heteroatoms. The van der Waals surface area contributed by atoms with Crippen molar-refractivity contribution in [3.63, 3.8) is 0 Å². The molecule has 1 amide bonds. The van der Waals surface area contributed by atoms with Crippen LogP contribution in [-0.2, 0) is 17.9 Å². The normalized spacial score (nSPS) is 16.3. The highest BCUT2D eigenvalue weighted by Gasteiger charge is 2.26. The average Bonchev–Trinajstić information content (AvgIpc) is 2.80. The second-order valence-electron chi connectivity index (χ2n) is 7.39. The van der Waals surface area contributed by atoms with Crippen LogP contribution in [0.5, 0.6) is 0 Å². The molecule has 0 unspecified atom stereocenters. The Kier molecular flexibility index (Phi) is 6.12. The number of carbonyl (C=O) groups excluding carboxylic acids is 1. The fourth-order valence-electron chi connectivity index (χ4n) is 3.64. The van der Waals surface area contributed by atoms with Crippen molar-refractivity contribution in [1.82, 2.24) is 25.1 Å². The predicted octanol–water partition coefficient (Wildman–Crippen LogP) is 1.61. The van der Waals surface area contributed by atoms with Gasteiger partial charge in [0.15, 0.2) is 0 Å². The number of anilines is 1. The van der Waals surface area contributed by atoms with Crippen LogP contribution in [-0.4, -0.2) is 38.7 Å². The minimum absolute atomic E-state index is 0.00395. The molecule has 0 radical (unpaired) electrons. The van der Waals surface area contributed by atoms with Crippen molar-refractivity contribution in [1.29, 1.82) is 0 Å². The summed E-state index contributed by atoms with van der Waals surface area (Å²) in [6, 6.07) is 11.4. The smallest absolute Gasteiger partial charge is 0.269 e. The molecule has 1 aliphatic heterocycles.